The van der Waals surface area contributed by atoms with Crippen LogP contribution in [0.5, 0.6) is 0 Å². The summed E-state index contributed by atoms with van der Waals surface area (Å²) in [5.74, 6) is -5.98. The third kappa shape index (κ3) is 19.1. The van der Waals surface area contributed by atoms with Gasteiger partial charge in [-0.15, -0.1) is 0 Å². The van der Waals surface area contributed by atoms with Gasteiger partial charge in [0.15, 0.2) is 0 Å². The van der Waals surface area contributed by atoms with Crippen molar-refractivity contribution in [3.8, 4) is 0 Å². The number of hydrogen-bond donors (Lipinski definition) is 1. The Morgan fingerprint density at radius 3 is 1.05 bits per heavy atom. The van der Waals surface area contributed by atoms with Crippen LogP contribution in [0.15, 0.2) is 0 Å². The fraction of sp³-hybridized carbons (Fsp3) is 0.500. The van der Waals surface area contributed by atoms with Crippen LogP contribution in [-0.2, 0) is 33.9 Å². The van der Waals surface area contributed by atoms with Crippen LogP contribution < -0.4 is 15.3 Å². The van der Waals surface area contributed by atoms with Crippen molar-refractivity contribution < 1.29 is 87.1 Å². The van der Waals surface area contributed by atoms with Crippen molar-refractivity contribution in [1.82, 2.24) is 0 Å². The second kappa shape index (κ2) is 20.1. The van der Waals surface area contributed by atoms with Gasteiger partial charge < -0.3 is 67.7 Å². The summed E-state index contributed by atoms with van der Waals surface area (Å²) in [6.07, 6.45) is -2.72. The Hall–Kier alpha value is -1.25. The SMILES string of the molecule is O.O.O.O.O.O.O=C([O-])CC(O)(CC(=O)[O-])C(=O)[O-].[Zn]. The van der Waals surface area contributed by atoms with Gasteiger partial charge in [-0.25, -0.2) is 0 Å². The average molecular weight is 363 g/mol. The first kappa shape index (κ1) is 51.1. The quantitative estimate of drug-likeness (QED) is 0.459. The van der Waals surface area contributed by atoms with E-state index in [1.807, 2.05) is 0 Å². The summed E-state index contributed by atoms with van der Waals surface area (Å²) < 4.78 is 0. The van der Waals surface area contributed by atoms with E-state index < -0.39 is 36.4 Å². The van der Waals surface area contributed by atoms with Gasteiger partial charge in [0.05, 0.1) is 5.97 Å². The minimum absolute atomic E-state index is 0. The van der Waals surface area contributed by atoms with Gasteiger partial charge in [-0.3, -0.25) is 0 Å². The van der Waals surface area contributed by atoms with E-state index in [1.165, 1.54) is 0 Å². The maximum atomic E-state index is 10.1. The van der Waals surface area contributed by atoms with Gasteiger partial charge in [-0.05, 0) is 0 Å². The zero-order chi connectivity index (χ0) is 10.6. The Labute approximate surface area is 124 Å². The molecule has 13 nitrogen and oxygen atoms in total. The summed E-state index contributed by atoms with van der Waals surface area (Å²) in [4.78, 5) is 30.0. The number of carboxylic acids is 3. The molecule has 0 atom stereocenters. The van der Waals surface area contributed by atoms with Gasteiger partial charge in [0, 0.05) is 44.3 Å². The zero-order valence-corrected chi connectivity index (χ0v) is 13.0. The number of hydrogen-bond acceptors (Lipinski definition) is 7. The Bertz CT molecular complexity index is 237. The largest absolute Gasteiger partial charge is 0.550 e. The number of rotatable bonds is 5. The van der Waals surface area contributed by atoms with E-state index >= 15 is 0 Å². The summed E-state index contributed by atoms with van der Waals surface area (Å²) in [7, 11) is 0. The van der Waals surface area contributed by atoms with Crippen molar-refractivity contribution in [3.05, 3.63) is 0 Å². The van der Waals surface area contributed by atoms with E-state index in [0.717, 1.165) is 0 Å². The molecule has 0 aliphatic rings. The summed E-state index contributed by atoms with van der Waals surface area (Å²) in [5.41, 5.74) is -2.97. The van der Waals surface area contributed by atoms with Crippen LogP contribution in [0.2, 0.25) is 0 Å². The van der Waals surface area contributed by atoms with E-state index in [4.69, 9.17) is 5.11 Å². The van der Waals surface area contributed by atoms with Gasteiger partial charge in [0.2, 0.25) is 0 Å². The van der Waals surface area contributed by atoms with Crippen molar-refractivity contribution in [2.75, 3.05) is 0 Å². The van der Waals surface area contributed by atoms with Crippen molar-refractivity contribution >= 4 is 17.9 Å². The molecule has 0 saturated carbocycles. The molecule has 0 bridgehead atoms. The van der Waals surface area contributed by atoms with Crippen LogP contribution in [0.3, 0.4) is 0 Å². The molecule has 14 heteroatoms. The van der Waals surface area contributed by atoms with Crippen molar-refractivity contribution in [2.24, 2.45) is 0 Å². The Balaban J connectivity index is -0.0000000343. The van der Waals surface area contributed by atoms with E-state index in [9.17, 15) is 29.7 Å². The molecule has 13 N–H and O–H groups in total. The van der Waals surface area contributed by atoms with Crippen molar-refractivity contribution in [1.29, 1.82) is 0 Å². The summed E-state index contributed by atoms with van der Waals surface area (Å²) in [6.45, 7) is 0. The maximum absolute atomic E-state index is 10.1. The van der Waals surface area contributed by atoms with Crippen molar-refractivity contribution in [3.63, 3.8) is 0 Å². The monoisotopic (exact) mass is 361 g/mol. The fourth-order valence-electron chi connectivity index (χ4n) is 0.684. The molecule has 0 rings (SSSR count). The molecule has 0 aliphatic carbocycles. The number of aliphatic hydroxyl groups is 1. The molecular formula is C6H17O13Zn-3. The normalized spacial score (nSPS) is 7.05. The first-order valence-corrected chi connectivity index (χ1v) is 3.11. The molecule has 0 heterocycles. The van der Waals surface area contributed by atoms with Crippen LogP contribution in [0.1, 0.15) is 12.8 Å². The predicted octanol–water partition coefficient (Wildman–Crippen LogP) is -10.2. The number of carbonyl (C=O) groups is 3. The van der Waals surface area contributed by atoms with Gasteiger partial charge in [0.1, 0.15) is 5.60 Å². The molecule has 0 aromatic rings. The smallest absolute Gasteiger partial charge is 0.114 e. The molecule has 0 radical (unpaired) electrons. The molecule has 0 fully saturated rings. The van der Waals surface area contributed by atoms with E-state index in [2.05, 4.69) is 0 Å². The minimum Gasteiger partial charge on any atom is -0.550 e. The van der Waals surface area contributed by atoms with Crippen LogP contribution in [0.25, 0.3) is 0 Å². The van der Waals surface area contributed by atoms with Crippen LogP contribution in [0.4, 0.5) is 0 Å². The predicted molar refractivity (Wildman–Crippen MR) is 50.9 cm³/mol. The molecule has 0 amide bonds. The average Bonchev–Trinajstić information content (AvgIpc) is 1.82. The third-order valence-corrected chi connectivity index (χ3v) is 1.25. The Kier molecular flexibility index (Phi) is 51.3. The Morgan fingerprint density at radius 2 is 0.950 bits per heavy atom. The summed E-state index contributed by atoms with van der Waals surface area (Å²) in [6, 6.07) is 0. The van der Waals surface area contributed by atoms with E-state index in [1.54, 1.807) is 0 Å². The minimum atomic E-state index is -2.97. The molecule has 0 unspecified atom stereocenters. The van der Waals surface area contributed by atoms with Crippen LogP contribution in [-0.4, -0.2) is 61.5 Å². The molecule has 0 saturated heterocycles. The molecule has 20 heavy (non-hydrogen) atoms. The summed E-state index contributed by atoms with van der Waals surface area (Å²) >= 11 is 0. The van der Waals surface area contributed by atoms with Gasteiger partial charge >= 0.3 is 0 Å². The first-order valence-electron chi connectivity index (χ1n) is 3.11. The third-order valence-electron chi connectivity index (χ3n) is 1.25. The van der Waals surface area contributed by atoms with Gasteiger partial charge in [-0.2, -0.15) is 0 Å². The summed E-state index contributed by atoms with van der Waals surface area (Å²) in [5, 5.41) is 38.9. The molecular weight excluding hydrogens is 345 g/mol. The maximum Gasteiger partial charge on any atom is 0.114 e. The molecule has 0 spiro atoms. The molecule has 0 aliphatic heterocycles. The standard InChI is InChI=1S/C6H8O7.6H2O.Zn/c7-3(8)1-6(13,5(11)12)2-4(9)10;;;;;;;/h13H,1-2H2,(H,7,8)(H,9,10)(H,11,12);6*1H2;/p-3. The van der Waals surface area contributed by atoms with E-state index in [-0.39, 0.29) is 52.3 Å². The number of aliphatic carboxylic acids is 3. The molecule has 0 aromatic carbocycles. The molecule has 124 valence electrons. The topological polar surface area (TPSA) is 330 Å². The van der Waals surface area contributed by atoms with Gasteiger partial charge in [-0.1, -0.05) is 0 Å². The van der Waals surface area contributed by atoms with Crippen molar-refractivity contribution in [2.45, 2.75) is 18.4 Å². The first-order chi connectivity index (χ1) is 5.78. The second-order valence-electron chi connectivity index (χ2n) is 2.42. The molecule has 0 aromatic heterocycles. The van der Waals surface area contributed by atoms with E-state index in [0.29, 0.717) is 0 Å². The Morgan fingerprint density at radius 1 is 0.750 bits per heavy atom. The second-order valence-corrected chi connectivity index (χ2v) is 2.42. The number of carbonyl (C=O) groups excluding carboxylic acids is 3. The zero-order valence-electron chi connectivity index (χ0n) is 10.0. The fourth-order valence-corrected chi connectivity index (χ4v) is 0.684. The number of carboxylic acid groups (broad SMARTS) is 3. The van der Waals surface area contributed by atoms with Gasteiger partial charge in [0.25, 0.3) is 0 Å². The van der Waals surface area contributed by atoms with Crippen LogP contribution in [0, 0.1) is 0 Å². The van der Waals surface area contributed by atoms with Crippen LogP contribution >= 0.6 is 0 Å².